The predicted molar refractivity (Wildman–Crippen MR) is 53.7 cm³/mol. The fourth-order valence-electron chi connectivity index (χ4n) is 1.26. The van der Waals surface area contributed by atoms with Crippen molar-refractivity contribution in [3.8, 4) is 5.75 Å². The largest absolute Gasteiger partial charge is 0.573 e. The Morgan fingerprint density at radius 3 is 2.47 bits per heavy atom. The van der Waals surface area contributed by atoms with Gasteiger partial charge in [0.25, 0.3) is 0 Å². The van der Waals surface area contributed by atoms with Gasteiger partial charge in [0.2, 0.25) is 0 Å². The summed E-state index contributed by atoms with van der Waals surface area (Å²) in [6.45, 7) is 1.22. The molecule has 0 radical (unpaired) electrons. The van der Waals surface area contributed by atoms with E-state index in [2.05, 4.69) is 14.5 Å². The average Bonchev–Trinajstić information content (AvgIpc) is 2.24. The van der Waals surface area contributed by atoms with Crippen LogP contribution in [0.25, 0.3) is 0 Å². The van der Waals surface area contributed by atoms with Crippen LogP contribution < -0.4 is 4.74 Å². The van der Waals surface area contributed by atoms with Gasteiger partial charge in [0.1, 0.15) is 0 Å². The van der Waals surface area contributed by atoms with Gasteiger partial charge in [-0.2, -0.15) is 0 Å². The number of ether oxygens (including phenoxy) is 2. The number of methoxy groups -OCH3 is 1. The Balaban J connectivity index is 3.51. The SMILES string of the molecule is COC(=O)c1c(OC(F)(F)F)cc(C)nc1[N+](=O)[O-]. The molecule has 0 spiro atoms. The Morgan fingerprint density at radius 1 is 1.47 bits per heavy atom. The van der Waals surface area contributed by atoms with Crippen molar-refractivity contribution in [2.75, 3.05) is 7.11 Å². The fourth-order valence-corrected chi connectivity index (χ4v) is 1.26. The van der Waals surface area contributed by atoms with E-state index in [4.69, 9.17) is 0 Å². The number of carbonyl (C=O) groups is 1. The minimum Gasteiger partial charge on any atom is -0.465 e. The zero-order valence-corrected chi connectivity index (χ0v) is 9.65. The standard InChI is InChI=1S/C9H7F3N2O5/c1-4-3-5(19-9(10,11)12)6(8(15)18-2)7(13-4)14(16)17/h3H,1-2H3. The summed E-state index contributed by atoms with van der Waals surface area (Å²) in [5, 5.41) is 10.7. The number of alkyl halides is 3. The number of rotatable bonds is 3. The summed E-state index contributed by atoms with van der Waals surface area (Å²) in [6, 6.07) is 0.757. The second-order valence-corrected chi connectivity index (χ2v) is 3.26. The quantitative estimate of drug-likeness (QED) is 0.477. The van der Waals surface area contributed by atoms with Gasteiger partial charge >= 0.3 is 18.1 Å². The third-order valence-corrected chi connectivity index (χ3v) is 1.88. The molecule has 0 N–H and O–H groups in total. The molecule has 0 unspecified atom stereocenters. The lowest BCUT2D eigenvalue weighted by atomic mass is 10.2. The molecule has 0 aliphatic heterocycles. The van der Waals surface area contributed by atoms with Crippen molar-refractivity contribution in [2.45, 2.75) is 13.3 Å². The third-order valence-electron chi connectivity index (χ3n) is 1.88. The Labute approximate surface area is 104 Å². The summed E-state index contributed by atoms with van der Waals surface area (Å²) in [7, 11) is 0.864. The van der Waals surface area contributed by atoms with Gasteiger partial charge in [-0.05, 0) is 9.91 Å². The van der Waals surface area contributed by atoms with E-state index < -0.39 is 34.4 Å². The van der Waals surface area contributed by atoms with E-state index in [-0.39, 0.29) is 5.69 Å². The number of carbonyl (C=O) groups excluding carboxylic acids is 1. The molecule has 0 amide bonds. The zero-order valence-electron chi connectivity index (χ0n) is 9.65. The average molecular weight is 280 g/mol. The van der Waals surface area contributed by atoms with E-state index in [1.807, 2.05) is 0 Å². The first-order valence-corrected chi connectivity index (χ1v) is 4.66. The Bertz CT molecular complexity index is 529. The molecule has 0 fully saturated rings. The highest BCUT2D eigenvalue weighted by Crippen LogP contribution is 2.32. The summed E-state index contributed by atoms with van der Waals surface area (Å²) in [6.07, 6.45) is -5.11. The number of hydrogen-bond acceptors (Lipinski definition) is 6. The number of pyridine rings is 1. The van der Waals surface area contributed by atoms with Crippen LogP contribution in [0.2, 0.25) is 0 Å². The molecule has 1 aromatic rings. The highest BCUT2D eigenvalue weighted by molar-refractivity contribution is 5.96. The molecule has 0 aliphatic carbocycles. The van der Waals surface area contributed by atoms with Gasteiger partial charge in [0, 0.05) is 13.0 Å². The van der Waals surface area contributed by atoms with E-state index in [9.17, 15) is 28.1 Å². The highest BCUT2D eigenvalue weighted by atomic mass is 19.4. The first-order valence-electron chi connectivity index (χ1n) is 4.66. The Hall–Kier alpha value is -2.39. The van der Waals surface area contributed by atoms with Crippen molar-refractivity contribution >= 4 is 11.8 Å². The first kappa shape index (κ1) is 14.7. The number of hydrogen-bond donors (Lipinski definition) is 0. The van der Waals surface area contributed by atoms with Crippen molar-refractivity contribution < 1.29 is 32.4 Å². The lowest BCUT2D eigenvalue weighted by molar-refractivity contribution is -0.390. The molecule has 1 heterocycles. The summed E-state index contributed by atoms with van der Waals surface area (Å²) < 4.78 is 44.3. The molecule has 0 aliphatic rings. The monoisotopic (exact) mass is 280 g/mol. The molecule has 1 aromatic heterocycles. The van der Waals surface area contributed by atoms with Crippen molar-refractivity contribution in [3.05, 3.63) is 27.4 Å². The normalized spacial score (nSPS) is 11.0. The minimum absolute atomic E-state index is 0.112. The van der Waals surface area contributed by atoms with Crippen LogP contribution in [-0.4, -0.2) is 29.3 Å². The van der Waals surface area contributed by atoms with Gasteiger partial charge in [0.05, 0.1) is 7.11 Å². The maximum atomic E-state index is 12.2. The maximum absolute atomic E-state index is 12.2. The molecule has 0 saturated heterocycles. The van der Waals surface area contributed by atoms with Crippen molar-refractivity contribution in [2.24, 2.45) is 0 Å². The second-order valence-electron chi connectivity index (χ2n) is 3.26. The van der Waals surface area contributed by atoms with Crippen LogP contribution in [0.15, 0.2) is 6.07 Å². The topological polar surface area (TPSA) is 91.6 Å². The molecule has 19 heavy (non-hydrogen) atoms. The van der Waals surface area contributed by atoms with Crippen LogP contribution in [0.3, 0.4) is 0 Å². The number of nitro groups is 1. The number of aryl methyl sites for hydroxylation is 1. The smallest absolute Gasteiger partial charge is 0.465 e. The van der Waals surface area contributed by atoms with Gasteiger partial charge < -0.3 is 19.6 Å². The molecule has 7 nitrogen and oxygen atoms in total. The van der Waals surface area contributed by atoms with Crippen LogP contribution in [0.4, 0.5) is 19.0 Å². The van der Waals surface area contributed by atoms with E-state index >= 15 is 0 Å². The predicted octanol–water partition coefficient (Wildman–Crippen LogP) is 1.98. The zero-order chi connectivity index (χ0) is 14.8. The maximum Gasteiger partial charge on any atom is 0.573 e. The van der Waals surface area contributed by atoms with Gasteiger partial charge in [-0.3, -0.25) is 0 Å². The number of aromatic nitrogens is 1. The van der Waals surface area contributed by atoms with Gasteiger partial charge in [0.15, 0.2) is 17.0 Å². The molecule has 104 valence electrons. The van der Waals surface area contributed by atoms with Crippen LogP contribution >= 0.6 is 0 Å². The minimum atomic E-state index is -5.11. The van der Waals surface area contributed by atoms with Gasteiger partial charge in [-0.15, -0.1) is 13.2 Å². The molecule has 0 saturated carbocycles. The molecule has 0 aromatic carbocycles. The van der Waals surface area contributed by atoms with Crippen LogP contribution in [0.1, 0.15) is 16.1 Å². The van der Waals surface area contributed by atoms with E-state index in [0.29, 0.717) is 0 Å². The van der Waals surface area contributed by atoms with Crippen LogP contribution in [0, 0.1) is 17.0 Å². The second kappa shape index (κ2) is 5.08. The first-order chi connectivity index (χ1) is 8.65. The van der Waals surface area contributed by atoms with Crippen LogP contribution in [0.5, 0.6) is 5.75 Å². The van der Waals surface area contributed by atoms with Crippen molar-refractivity contribution in [1.29, 1.82) is 0 Å². The molecular formula is C9H7F3N2O5. The third kappa shape index (κ3) is 3.53. The molecule has 0 atom stereocenters. The fraction of sp³-hybridized carbons (Fsp3) is 0.333. The number of esters is 1. The summed E-state index contributed by atoms with van der Waals surface area (Å²) in [4.78, 5) is 24.3. The lowest BCUT2D eigenvalue weighted by Gasteiger charge is -2.11. The summed E-state index contributed by atoms with van der Waals surface area (Å²) in [5.41, 5.74) is -1.10. The molecule has 0 bridgehead atoms. The van der Waals surface area contributed by atoms with Crippen LogP contribution in [-0.2, 0) is 4.74 Å². The molecular weight excluding hydrogens is 273 g/mol. The summed E-state index contributed by atoms with van der Waals surface area (Å²) >= 11 is 0. The van der Waals surface area contributed by atoms with Crippen molar-refractivity contribution in [3.63, 3.8) is 0 Å². The van der Waals surface area contributed by atoms with Crippen molar-refractivity contribution in [1.82, 2.24) is 4.98 Å². The Kier molecular flexibility index (Phi) is 3.92. The van der Waals surface area contributed by atoms with E-state index in [0.717, 1.165) is 13.2 Å². The molecule has 10 heteroatoms. The number of nitrogens with zero attached hydrogens (tertiary/aromatic N) is 2. The lowest BCUT2D eigenvalue weighted by Crippen LogP contribution is -2.20. The number of halogens is 3. The van der Waals surface area contributed by atoms with E-state index in [1.54, 1.807) is 0 Å². The van der Waals surface area contributed by atoms with Gasteiger partial charge in [-0.1, -0.05) is 0 Å². The molecule has 1 rings (SSSR count). The Morgan fingerprint density at radius 2 is 2.05 bits per heavy atom. The van der Waals surface area contributed by atoms with Gasteiger partial charge in [-0.25, -0.2) is 4.79 Å². The van der Waals surface area contributed by atoms with E-state index in [1.165, 1.54) is 6.92 Å². The summed E-state index contributed by atoms with van der Waals surface area (Å²) in [5.74, 6) is -3.44. The highest BCUT2D eigenvalue weighted by Gasteiger charge is 2.37.